The minimum atomic E-state index is 0.606. The van der Waals surface area contributed by atoms with Crippen LogP contribution in [0.2, 0.25) is 0 Å². The Morgan fingerprint density at radius 3 is 3.00 bits per heavy atom. The maximum atomic E-state index is 5.40. The molecule has 1 fully saturated rings. The molecular weight excluding hydrogens is 176 g/mol. The van der Waals surface area contributed by atoms with Crippen LogP contribution in [0.25, 0.3) is 0 Å². The van der Waals surface area contributed by atoms with Crippen LogP contribution in [0.5, 0.6) is 0 Å². The monoisotopic (exact) mass is 200 g/mol. The van der Waals surface area contributed by atoms with Crippen molar-refractivity contribution in [2.24, 2.45) is 0 Å². The first-order valence-electron chi connectivity index (χ1n) is 5.87. The fourth-order valence-electron chi connectivity index (χ4n) is 1.80. The molecule has 3 nitrogen and oxygen atoms in total. The SMILES string of the molecule is CCCNCCCN1CCOCC1C. The molecule has 0 aromatic carbocycles. The third-order valence-electron chi connectivity index (χ3n) is 2.73. The highest BCUT2D eigenvalue weighted by Crippen LogP contribution is 2.05. The zero-order valence-electron chi connectivity index (χ0n) is 9.59. The predicted molar refractivity (Wildman–Crippen MR) is 59.6 cm³/mol. The lowest BCUT2D eigenvalue weighted by atomic mass is 10.2. The van der Waals surface area contributed by atoms with Crippen LogP contribution in [0.3, 0.4) is 0 Å². The summed E-state index contributed by atoms with van der Waals surface area (Å²) in [7, 11) is 0. The van der Waals surface area contributed by atoms with Crippen molar-refractivity contribution in [2.45, 2.75) is 32.7 Å². The Bertz CT molecular complexity index is 141. The van der Waals surface area contributed by atoms with Crippen molar-refractivity contribution in [1.29, 1.82) is 0 Å². The quantitative estimate of drug-likeness (QED) is 0.650. The number of morpholine rings is 1. The summed E-state index contributed by atoms with van der Waals surface area (Å²) < 4.78 is 5.40. The molecule has 1 N–H and O–H groups in total. The highest BCUT2D eigenvalue weighted by molar-refractivity contribution is 4.70. The topological polar surface area (TPSA) is 24.5 Å². The highest BCUT2D eigenvalue weighted by atomic mass is 16.5. The maximum absolute atomic E-state index is 5.40. The van der Waals surface area contributed by atoms with Gasteiger partial charge < -0.3 is 10.1 Å². The van der Waals surface area contributed by atoms with Crippen LogP contribution in [-0.4, -0.2) is 50.3 Å². The smallest absolute Gasteiger partial charge is 0.0619 e. The lowest BCUT2D eigenvalue weighted by molar-refractivity contribution is -0.000579. The molecule has 0 amide bonds. The Kier molecular flexibility index (Phi) is 6.15. The molecular formula is C11H24N2O. The standard InChI is InChI=1S/C11H24N2O/c1-3-5-12-6-4-7-13-8-9-14-10-11(13)2/h11-12H,3-10H2,1-2H3. The Labute approximate surface area is 87.8 Å². The van der Waals surface area contributed by atoms with Gasteiger partial charge >= 0.3 is 0 Å². The van der Waals surface area contributed by atoms with Crippen LogP contribution in [0, 0.1) is 0 Å². The summed E-state index contributed by atoms with van der Waals surface area (Å²) in [6, 6.07) is 0.606. The summed E-state index contributed by atoms with van der Waals surface area (Å²) in [5.74, 6) is 0. The van der Waals surface area contributed by atoms with Gasteiger partial charge in [0.2, 0.25) is 0 Å². The Balaban J connectivity index is 1.99. The van der Waals surface area contributed by atoms with Gasteiger partial charge in [0, 0.05) is 12.6 Å². The van der Waals surface area contributed by atoms with Gasteiger partial charge in [-0.3, -0.25) is 4.90 Å². The molecule has 84 valence electrons. The van der Waals surface area contributed by atoms with Crippen molar-refractivity contribution >= 4 is 0 Å². The van der Waals surface area contributed by atoms with E-state index in [1.807, 2.05) is 0 Å². The van der Waals surface area contributed by atoms with Crippen LogP contribution in [-0.2, 0) is 4.74 Å². The van der Waals surface area contributed by atoms with Crippen molar-refractivity contribution < 1.29 is 4.74 Å². The van der Waals surface area contributed by atoms with E-state index in [-0.39, 0.29) is 0 Å². The van der Waals surface area contributed by atoms with E-state index < -0.39 is 0 Å². The van der Waals surface area contributed by atoms with Gasteiger partial charge in [-0.2, -0.15) is 0 Å². The van der Waals surface area contributed by atoms with Gasteiger partial charge in [-0.05, 0) is 39.4 Å². The molecule has 0 aromatic heterocycles. The summed E-state index contributed by atoms with van der Waals surface area (Å²) in [5, 5.41) is 3.43. The fraction of sp³-hybridized carbons (Fsp3) is 1.00. The summed E-state index contributed by atoms with van der Waals surface area (Å²) in [5.41, 5.74) is 0. The second kappa shape index (κ2) is 7.21. The largest absolute Gasteiger partial charge is 0.379 e. The van der Waals surface area contributed by atoms with Crippen molar-refractivity contribution in [3.8, 4) is 0 Å². The lowest BCUT2D eigenvalue weighted by Crippen LogP contribution is -2.44. The molecule has 0 aliphatic carbocycles. The molecule has 3 heteroatoms. The van der Waals surface area contributed by atoms with Gasteiger partial charge in [0.05, 0.1) is 13.2 Å². The molecule has 1 aliphatic rings. The van der Waals surface area contributed by atoms with Crippen molar-refractivity contribution in [3.63, 3.8) is 0 Å². The third kappa shape index (κ3) is 4.40. The highest BCUT2D eigenvalue weighted by Gasteiger charge is 2.17. The van der Waals surface area contributed by atoms with Gasteiger partial charge in [-0.1, -0.05) is 6.92 Å². The number of hydrogen-bond acceptors (Lipinski definition) is 3. The van der Waals surface area contributed by atoms with E-state index in [4.69, 9.17) is 4.74 Å². The number of nitrogens with zero attached hydrogens (tertiary/aromatic N) is 1. The first-order chi connectivity index (χ1) is 6.84. The zero-order chi connectivity index (χ0) is 10.2. The fourth-order valence-corrected chi connectivity index (χ4v) is 1.80. The molecule has 0 saturated carbocycles. The van der Waals surface area contributed by atoms with E-state index in [2.05, 4.69) is 24.1 Å². The van der Waals surface area contributed by atoms with Crippen molar-refractivity contribution in [2.75, 3.05) is 39.4 Å². The molecule has 1 atom stereocenters. The average Bonchev–Trinajstić information content (AvgIpc) is 2.20. The van der Waals surface area contributed by atoms with E-state index in [1.54, 1.807) is 0 Å². The van der Waals surface area contributed by atoms with Gasteiger partial charge in [-0.15, -0.1) is 0 Å². The van der Waals surface area contributed by atoms with Crippen LogP contribution in [0.15, 0.2) is 0 Å². The van der Waals surface area contributed by atoms with Gasteiger partial charge in [0.1, 0.15) is 0 Å². The normalized spacial score (nSPS) is 24.0. The zero-order valence-corrected chi connectivity index (χ0v) is 9.59. The molecule has 1 rings (SSSR count). The minimum absolute atomic E-state index is 0.606. The second-order valence-corrected chi connectivity index (χ2v) is 4.06. The van der Waals surface area contributed by atoms with E-state index in [0.717, 1.165) is 32.8 Å². The number of hydrogen-bond donors (Lipinski definition) is 1. The van der Waals surface area contributed by atoms with E-state index in [1.165, 1.54) is 19.4 Å². The number of ether oxygens (including phenoxy) is 1. The third-order valence-corrected chi connectivity index (χ3v) is 2.73. The first-order valence-corrected chi connectivity index (χ1v) is 5.87. The average molecular weight is 200 g/mol. The van der Waals surface area contributed by atoms with E-state index in [9.17, 15) is 0 Å². The summed E-state index contributed by atoms with van der Waals surface area (Å²) in [6.07, 6.45) is 2.48. The van der Waals surface area contributed by atoms with Crippen LogP contribution >= 0.6 is 0 Å². The van der Waals surface area contributed by atoms with E-state index >= 15 is 0 Å². The van der Waals surface area contributed by atoms with Crippen LogP contribution in [0.4, 0.5) is 0 Å². The molecule has 1 aliphatic heterocycles. The molecule has 0 radical (unpaired) electrons. The summed E-state index contributed by atoms with van der Waals surface area (Å²) in [4.78, 5) is 2.52. The molecule has 1 unspecified atom stereocenters. The second-order valence-electron chi connectivity index (χ2n) is 4.06. The number of nitrogens with one attached hydrogen (secondary N) is 1. The van der Waals surface area contributed by atoms with Gasteiger partial charge in [-0.25, -0.2) is 0 Å². The summed E-state index contributed by atoms with van der Waals surface area (Å²) in [6.45, 7) is 10.9. The van der Waals surface area contributed by atoms with Gasteiger partial charge in [0.15, 0.2) is 0 Å². The molecule has 1 heterocycles. The molecule has 14 heavy (non-hydrogen) atoms. The van der Waals surface area contributed by atoms with Crippen LogP contribution < -0.4 is 5.32 Å². The number of rotatable bonds is 6. The Morgan fingerprint density at radius 2 is 2.29 bits per heavy atom. The molecule has 0 bridgehead atoms. The molecule has 0 aromatic rings. The van der Waals surface area contributed by atoms with Crippen molar-refractivity contribution in [1.82, 2.24) is 10.2 Å². The summed E-state index contributed by atoms with van der Waals surface area (Å²) >= 11 is 0. The van der Waals surface area contributed by atoms with Crippen LogP contribution in [0.1, 0.15) is 26.7 Å². The van der Waals surface area contributed by atoms with Gasteiger partial charge in [0.25, 0.3) is 0 Å². The lowest BCUT2D eigenvalue weighted by Gasteiger charge is -2.33. The Hall–Kier alpha value is -0.120. The molecule has 1 saturated heterocycles. The Morgan fingerprint density at radius 1 is 1.43 bits per heavy atom. The minimum Gasteiger partial charge on any atom is -0.379 e. The predicted octanol–water partition coefficient (Wildman–Crippen LogP) is 1.10. The first kappa shape index (κ1) is 12.0. The maximum Gasteiger partial charge on any atom is 0.0619 e. The van der Waals surface area contributed by atoms with Crippen molar-refractivity contribution in [3.05, 3.63) is 0 Å². The van der Waals surface area contributed by atoms with E-state index in [0.29, 0.717) is 6.04 Å². The molecule has 0 spiro atoms.